The van der Waals surface area contributed by atoms with Crippen molar-refractivity contribution in [3.05, 3.63) is 28.7 Å². The Kier molecular flexibility index (Phi) is 5.36. The third-order valence-corrected chi connectivity index (χ3v) is 4.29. The number of halogens is 1. The van der Waals surface area contributed by atoms with Crippen LogP contribution in [0.3, 0.4) is 0 Å². The summed E-state index contributed by atoms with van der Waals surface area (Å²) in [5.74, 6) is -0.432. The maximum atomic E-state index is 12.3. The molecule has 2 rings (SSSR count). The summed E-state index contributed by atoms with van der Waals surface area (Å²) in [5, 5.41) is 2.87. The topological polar surface area (TPSA) is 58.6 Å². The van der Waals surface area contributed by atoms with Crippen LogP contribution in [0, 0.1) is 5.92 Å². The van der Waals surface area contributed by atoms with Gasteiger partial charge >= 0.3 is 0 Å². The van der Waals surface area contributed by atoms with Gasteiger partial charge in [-0.2, -0.15) is 0 Å². The predicted octanol–water partition coefficient (Wildman–Crippen LogP) is 2.27. The van der Waals surface area contributed by atoms with Crippen molar-refractivity contribution >= 4 is 33.4 Å². The molecule has 0 unspecified atom stereocenters. The quantitative estimate of drug-likeness (QED) is 0.882. The molecule has 1 aromatic carbocycles. The summed E-state index contributed by atoms with van der Waals surface area (Å²) >= 11 is 3.39. The number of likely N-dealkylation sites (tertiary alicyclic amines) is 1. The Morgan fingerprint density at radius 2 is 2.24 bits per heavy atom. The first-order valence-electron chi connectivity index (χ1n) is 6.86. The molecule has 6 heteroatoms. The molecule has 1 fully saturated rings. The minimum absolute atomic E-state index is 0.00632. The van der Waals surface area contributed by atoms with Crippen LogP contribution >= 0.6 is 15.9 Å². The number of para-hydroxylation sites is 1. The van der Waals surface area contributed by atoms with E-state index in [-0.39, 0.29) is 30.2 Å². The highest BCUT2D eigenvalue weighted by Gasteiger charge is 2.36. The first kappa shape index (κ1) is 16.0. The van der Waals surface area contributed by atoms with Crippen LogP contribution in [0.15, 0.2) is 28.7 Å². The Labute approximate surface area is 132 Å². The van der Waals surface area contributed by atoms with Crippen molar-refractivity contribution in [2.75, 3.05) is 25.6 Å². The molecule has 1 aliphatic heterocycles. The molecule has 0 aromatic heterocycles. The second kappa shape index (κ2) is 7.04. The van der Waals surface area contributed by atoms with Crippen LogP contribution in [0.1, 0.15) is 13.3 Å². The van der Waals surface area contributed by atoms with Gasteiger partial charge in [0.25, 0.3) is 0 Å². The second-order valence-electron chi connectivity index (χ2n) is 5.22. The first-order chi connectivity index (χ1) is 10.0. The molecule has 114 valence electrons. The summed E-state index contributed by atoms with van der Waals surface area (Å²) in [7, 11) is 1.61. The normalized spacial score (nSPS) is 19.7. The molecule has 0 saturated carbocycles. The summed E-state index contributed by atoms with van der Waals surface area (Å²) in [6.45, 7) is 2.85. The number of nitrogens with one attached hydrogen (secondary N) is 1. The smallest absolute Gasteiger partial charge is 0.229 e. The van der Waals surface area contributed by atoms with Gasteiger partial charge < -0.3 is 15.0 Å². The number of carbonyl (C=O) groups is 2. The standard InChI is InChI=1S/C15H19BrN2O3/c1-10(9-21-2)18-8-11(7-14(18)19)15(20)17-13-6-4-3-5-12(13)16/h3-6,10-11H,7-9H2,1-2H3,(H,17,20)/t10-,11+/m1/s1. The van der Waals surface area contributed by atoms with E-state index < -0.39 is 0 Å². The molecule has 0 radical (unpaired) electrons. The molecule has 0 aliphatic carbocycles. The van der Waals surface area contributed by atoms with E-state index in [0.717, 1.165) is 10.2 Å². The minimum Gasteiger partial charge on any atom is -0.383 e. The van der Waals surface area contributed by atoms with E-state index in [2.05, 4.69) is 21.2 Å². The van der Waals surface area contributed by atoms with Gasteiger partial charge in [-0.15, -0.1) is 0 Å². The van der Waals surface area contributed by atoms with Crippen LogP contribution in [0.4, 0.5) is 5.69 Å². The van der Waals surface area contributed by atoms with Crippen molar-refractivity contribution < 1.29 is 14.3 Å². The number of hydrogen-bond acceptors (Lipinski definition) is 3. The largest absolute Gasteiger partial charge is 0.383 e. The lowest BCUT2D eigenvalue weighted by atomic mass is 10.1. The summed E-state index contributed by atoms with van der Waals surface area (Å²) in [5.41, 5.74) is 0.721. The second-order valence-corrected chi connectivity index (χ2v) is 6.07. The SMILES string of the molecule is COC[C@@H](C)N1C[C@@H](C(=O)Nc2ccccc2Br)CC1=O. The molecule has 1 heterocycles. The lowest BCUT2D eigenvalue weighted by Gasteiger charge is -2.23. The number of amides is 2. The van der Waals surface area contributed by atoms with Crippen molar-refractivity contribution in [3.63, 3.8) is 0 Å². The Morgan fingerprint density at radius 1 is 1.52 bits per heavy atom. The van der Waals surface area contributed by atoms with Crippen molar-refractivity contribution in [1.29, 1.82) is 0 Å². The van der Waals surface area contributed by atoms with Crippen LogP contribution < -0.4 is 5.32 Å². The molecule has 2 atom stereocenters. The molecule has 2 amide bonds. The number of benzene rings is 1. The van der Waals surface area contributed by atoms with E-state index in [1.54, 1.807) is 12.0 Å². The third kappa shape index (κ3) is 3.83. The molecule has 1 aromatic rings. The first-order valence-corrected chi connectivity index (χ1v) is 7.66. The van der Waals surface area contributed by atoms with E-state index in [9.17, 15) is 9.59 Å². The van der Waals surface area contributed by atoms with Gasteiger partial charge in [0.05, 0.1) is 24.3 Å². The fourth-order valence-corrected chi connectivity index (χ4v) is 2.85. The molecular weight excluding hydrogens is 336 g/mol. The Balaban J connectivity index is 1.99. The number of hydrogen-bond donors (Lipinski definition) is 1. The van der Waals surface area contributed by atoms with Crippen LogP contribution in [0.5, 0.6) is 0 Å². The molecule has 21 heavy (non-hydrogen) atoms. The molecule has 0 bridgehead atoms. The molecular formula is C15H19BrN2O3. The highest BCUT2D eigenvalue weighted by atomic mass is 79.9. The Morgan fingerprint density at radius 3 is 2.90 bits per heavy atom. The van der Waals surface area contributed by atoms with E-state index >= 15 is 0 Å². The number of rotatable bonds is 5. The van der Waals surface area contributed by atoms with Gasteiger partial charge in [-0.25, -0.2) is 0 Å². The minimum atomic E-state index is -0.316. The third-order valence-electron chi connectivity index (χ3n) is 3.60. The van der Waals surface area contributed by atoms with Gasteiger partial charge in [-0.05, 0) is 35.0 Å². The fraction of sp³-hybridized carbons (Fsp3) is 0.467. The molecule has 0 spiro atoms. The summed E-state index contributed by atoms with van der Waals surface area (Å²) < 4.78 is 5.90. The maximum absolute atomic E-state index is 12.3. The van der Waals surface area contributed by atoms with Gasteiger partial charge in [0.2, 0.25) is 11.8 Å². The van der Waals surface area contributed by atoms with Crippen molar-refractivity contribution in [1.82, 2.24) is 4.90 Å². The predicted molar refractivity (Wildman–Crippen MR) is 83.9 cm³/mol. The van der Waals surface area contributed by atoms with Gasteiger partial charge in [0.1, 0.15) is 0 Å². The summed E-state index contributed by atoms with van der Waals surface area (Å²) in [4.78, 5) is 26.0. The number of anilines is 1. The average Bonchev–Trinajstić information content (AvgIpc) is 2.84. The number of nitrogens with zero attached hydrogens (tertiary/aromatic N) is 1. The zero-order valence-electron chi connectivity index (χ0n) is 12.1. The van der Waals surface area contributed by atoms with Gasteiger partial charge in [-0.3, -0.25) is 9.59 Å². The highest BCUT2D eigenvalue weighted by Crippen LogP contribution is 2.25. The molecule has 1 N–H and O–H groups in total. The van der Waals surface area contributed by atoms with Crippen molar-refractivity contribution in [3.8, 4) is 0 Å². The van der Waals surface area contributed by atoms with Crippen LogP contribution in [-0.4, -0.2) is 43.0 Å². The fourth-order valence-electron chi connectivity index (χ4n) is 2.46. The van der Waals surface area contributed by atoms with Gasteiger partial charge in [0, 0.05) is 24.5 Å². The summed E-state index contributed by atoms with van der Waals surface area (Å²) in [6.07, 6.45) is 0.254. The lowest BCUT2D eigenvalue weighted by molar-refractivity contribution is -0.130. The number of ether oxygens (including phenoxy) is 1. The van der Waals surface area contributed by atoms with Crippen LogP contribution in [0.25, 0.3) is 0 Å². The monoisotopic (exact) mass is 354 g/mol. The number of methoxy groups -OCH3 is 1. The van der Waals surface area contributed by atoms with E-state index in [1.807, 2.05) is 31.2 Å². The van der Waals surface area contributed by atoms with E-state index in [0.29, 0.717) is 13.2 Å². The maximum Gasteiger partial charge on any atom is 0.229 e. The highest BCUT2D eigenvalue weighted by molar-refractivity contribution is 9.10. The lowest BCUT2D eigenvalue weighted by Crippen LogP contribution is -2.38. The van der Waals surface area contributed by atoms with Gasteiger partial charge in [-0.1, -0.05) is 12.1 Å². The van der Waals surface area contributed by atoms with E-state index in [4.69, 9.17) is 4.74 Å². The molecule has 1 saturated heterocycles. The number of carbonyl (C=O) groups excluding carboxylic acids is 2. The zero-order valence-corrected chi connectivity index (χ0v) is 13.7. The molecule has 5 nitrogen and oxygen atoms in total. The van der Waals surface area contributed by atoms with E-state index in [1.165, 1.54) is 0 Å². The molecule has 1 aliphatic rings. The summed E-state index contributed by atoms with van der Waals surface area (Å²) in [6, 6.07) is 7.41. The Bertz CT molecular complexity index is 535. The van der Waals surface area contributed by atoms with Crippen molar-refractivity contribution in [2.45, 2.75) is 19.4 Å². The van der Waals surface area contributed by atoms with Crippen LogP contribution in [-0.2, 0) is 14.3 Å². The average molecular weight is 355 g/mol. The van der Waals surface area contributed by atoms with Crippen molar-refractivity contribution in [2.24, 2.45) is 5.92 Å². The van der Waals surface area contributed by atoms with Crippen LogP contribution in [0.2, 0.25) is 0 Å². The zero-order chi connectivity index (χ0) is 15.4. The van der Waals surface area contributed by atoms with Gasteiger partial charge in [0.15, 0.2) is 0 Å². The Hall–Kier alpha value is -1.40.